The van der Waals surface area contributed by atoms with Gasteiger partial charge in [0, 0.05) is 13.1 Å². The molecule has 0 saturated heterocycles. The quantitative estimate of drug-likeness (QED) is 0.872. The van der Waals surface area contributed by atoms with Crippen molar-refractivity contribution in [3.05, 3.63) is 53.1 Å². The maximum atomic E-state index is 12.5. The first-order chi connectivity index (χ1) is 10.2. The summed E-state index contributed by atoms with van der Waals surface area (Å²) in [6.45, 7) is 1.14. The third-order valence-electron chi connectivity index (χ3n) is 3.76. The van der Waals surface area contributed by atoms with Crippen LogP contribution in [0.2, 0.25) is 0 Å². The Bertz CT molecular complexity index is 666. The molecule has 1 aromatic carbocycles. The fourth-order valence-corrected chi connectivity index (χ4v) is 2.64. The number of hydrogen-bond acceptors (Lipinski definition) is 3. The van der Waals surface area contributed by atoms with E-state index in [0.29, 0.717) is 13.1 Å². The molecule has 1 amide bonds. The molecule has 108 valence electrons. The molecule has 2 aromatic rings. The van der Waals surface area contributed by atoms with Gasteiger partial charge in [-0.1, -0.05) is 24.3 Å². The topological polar surface area (TPSA) is 86.3 Å². The van der Waals surface area contributed by atoms with Gasteiger partial charge in [0.2, 0.25) is 0 Å². The number of imidazole rings is 1. The van der Waals surface area contributed by atoms with Crippen LogP contribution in [0, 0.1) is 0 Å². The van der Waals surface area contributed by atoms with E-state index in [1.807, 2.05) is 12.1 Å². The number of nitrogens with zero attached hydrogens (tertiary/aromatic N) is 2. The van der Waals surface area contributed by atoms with Gasteiger partial charge in [0.25, 0.3) is 5.91 Å². The number of carboxylic acids is 1. The van der Waals surface area contributed by atoms with Gasteiger partial charge in [-0.3, -0.25) is 4.79 Å². The molecule has 21 heavy (non-hydrogen) atoms. The van der Waals surface area contributed by atoms with Crippen molar-refractivity contribution in [3.8, 4) is 0 Å². The lowest BCUT2D eigenvalue weighted by molar-refractivity contribution is 0.0670. The normalized spacial score (nSPS) is 14.4. The second-order valence-corrected chi connectivity index (χ2v) is 4.99. The molecule has 0 spiro atoms. The Labute approximate surface area is 121 Å². The minimum absolute atomic E-state index is 0.0199. The molecule has 1 aliphatic heterocycles. The Hall–Kier alpha value is -2.63. The highest BCUT2D eigenvalue weighted by Gasteiger charge is 2.25. The second kappa shape index (κ2) is 5.40. The van der Waals surface area contributed by atoms with Crippen molar-refractivity contribution in [2.75, 3.05) is 13.1 Å². The van der Waals surface area contributed by atoms with Crippen LogP contribution in [0.25, 0.3) is 0 Å². The lowest BCUT2D eigenvalue weighted by Gasteiger charge is -2.19. The predicted octanol–water partition coefficient (Wildman–Crippen LogP) is 1.35. The second-order valence-electron chi connectivity index (χ2n) is 4.99. The van der Waals surface area contributed by atoms with Crippen LogP contribution >= 0.6 is 0 Å². The third kappa shape index (κ3) is 2.52. The van der Waals surface area contributed by atoms with E-state index in [9.17, 15) is 9.59 Å². The van der Waals surface area contributed by atoms with Crippen LogP contribution in [0.1, 0.15) is 32.1 Å². The molecule has 0 fully saturated rings. The first-order valence-corrected chi connectivity index (χ1v) is 6.79. The van der Waals surface area contributed by atoms with Crippen LogP contribution in [0.3, 0.4) is 0 Å². The van der Waals surface area contributed by atoms with Gasteiger partial charge < -0.3 is 15.0 Å². The van der Waals surface area contributed by atoms with Crippen LogP contribution in [-0.2, 0) is 12.8 Å². The van der Waals surface area contributed by atoms with Crippen molar-refractivity contribution in [2.24, 2.45) is 0 Å². The van der Waals surface area contributed by atoms with E-state index < -0.39 is 5.97 Å². The standard InChI is InChI=1S/C15H15N3O3/c19-14(12-13(15(20)21)17-9-16-12)18-7-5-10-3-1-2-4-11(10)6-8-18/h1-4,9H,5-8H2,(H,16,17)(H,20,21). The highest BCUT2D eigenvalue weighted by atomic mass is 16.4. The number of carboxylic acid groups (broad SMARTS) is 1. The number of aromatic nitrogens is 2. The summed E-state index contributed by atoms with van der Waals surface area (Å²) in [5.41, 5.74) is 2.32. The molecule has 1 aromatic heterocycles. The highest BCUT2D eigenvalue weighted by Crippen LogP contribution is 2.17. The number of carbonyl (C=O) groups excluding carboxylic acids is 1. The van der Waals surface area contributed by atoms with Gasteiger partial charge in [0.05, 0.1) is 6.33 Å². The zero-order chi connectivity index (χ0) is 14.8. The van der Waals surface area contributed by atoms with Crippen LogP contribution in [0.5, 0.6) is 0 Å². The Balaban J connectivity index is 1.81. The van der Waals surface area contributed by atoms with E-state index in [2.05, 4.69) is 22.1 Å². The minimum atomic E-state index is -1.17. The lowest BCUT2D eigenvalue weighted by Crippen LogP contribution is -2.34. The third-order valence-corrected chi connectivity index (χ3v) is 3.76. The average Bonchev–Trinajstić information content (AvgIpc) is 2.88. The molecule has 0 unspecified atom stereocenters. The maximum absolute atomic E-state index is 12.5. The number of fused-ring (bicyclic) bond motifs is 1. The van der Waals surface area contributed by atoms with Gasteiger partial charge in [-0.2, -0.15) is 0 Å². The first kappa shape index (κ1) is 13.4. The van der Waals surface area contributed by atoms with Crippen molar-refractivity contribution in [1.82, 2.24) is 14.9 Å². The number of nitrogens with one attached hydrogen (secondary N) is 1. The molecular weight excluding hydrogens is 270 g/mol. The van der Waals surface area contributed by atoms with Gasteiger partial charge in [0.1, 0.15) is 0 Å². The fraction of sp³-hybridized carbons (Fsp3) is 0.267. The van der Waals surface area contributed by atoms with Gasteiger partial charge >= 0.3 is 5.97 Å². The van der Waals surface area contributed by atoms with Gasteiger partial charge in [-0.15, -0.1) is 0 Å². The van der Waals surface area contributed by atoms with E-state index in [-0.39, 0.29) is 17.3 Å². The molecule has 0 aliphatic carbocycles. The number of aromatic carboxylic acids is 1. The smallest absolute Gasteiger partial charge is 0.354 e. The molecule has 6 heteroatoms. The van der Waals surface area contributed by atoms with Crippen LogP contribution in [-0.4, -0.2) is 44.9 Å². The predicted molar refractivity (Wildman–Crippen MR) is 75.3 cm³/mol. The molecule has 3 rings (SSSR count). The Morgan fingerprint density at radius 2 is 1.76 bits per heavy atom. The summed E-state index contributed by atoms with van der Waals surface area (Å²) in [6.07, 6.45) is 2.78. The number of aromatic amines is 1. The number of H-pyrrole nitrogens is 1. The number of rotatable bonds is 2. The molecule has 1 aliphatic rings. The number of carbonyl (C=O) groups is 2. The van der Waals surface area contributed by atoms with Gasteiger partial charge in [-0.25, -0.2) is 9.78 Å². The van der Waals surface area contributed by atoms with E-state index in [0.717, 1.165) is 12.8 Å². The molecule has 0 atom stereocenters. The summed E-state index contributed by atoms with van der Waals surface area (Å²) in [7, 11) is 0. The Morgan fingerprint density at radius 3 is 2.33 bits per heavy atom. The number of benzene rings is 1. The molecule has 0 bridgehead atoms. The van der Waals surface area contributed by atoms with Crippen molar-refractivity contribution < 1.29 is 14.7 Å². The van der Waals surface area contributed by atoms with Crippen molar-refractivity contribution in [3.63, 3.8) is 0 Å². The summed E-state index contributed by atoms with van der Waals surface area (Å²) < 4.78 is 0. The van der Waals surface area contributed by atoms with Crippen molar-refractivity contribution in [2.45, 2.75) is 12.8 Å². The minimum Gasteiger partial charge on any atom is -0.477 e. The zero-order valence-electron chi connectivity index (χ0n) is 11.4. The fourth-order valence-electron chi connectivity index (χ4n) is 2.64. The van der Waals surface area contributed by atoms with Crippen LogP contribution in [0.15, 0.2) is 30.6 Å². The lowest BCUT2D eigenvalue weighted by atomic mass is 10.0. The van der Waals surface area contributed by atoms with E-state index in [1.165, 1.54) is 17.5 Å². The zero-order valence-corrected chi connectivity index (χ0v) is 11.4. The first-order valence-electron chi connectivity index (χ1n) is 6.79. The monoisotopic (exact) mass is 285 g/mol. The summed E-state index contributed by atoms with van der Waals surface area (Å²) in [6, 6.07) is 8.13. The maximum Gasteiger partial charge on any atom is 0.354 e. The summed E-state index contributed by atoms with van der Waals surface area (Å²) in [4.78, 5) is 31.6. The van der Waals surface area contributed by atoms with Gasteiger partial charge in [-0.05, 0) is 24.0 Å². The molecule has 2 heterocycles. The number of hydrogen-bond donors (Lipinski definition) is 2. The molecular formula is C15H15N3O3. The SMILES string of the molecule is O=C(O)c1[nH]cnc1C(=O)N1CCc2ccccc2CC1. The number of amides is 1. The van der Waals surface area contributed by atoms with E-state index in [1.54, 1.807) is 4.90 Å². The Morgan fingerprint density at radius 1 is 1.14 bits per heavy atom. The van der Waals surface area contributed by atoms with E-state index in [4.69, 9.17) is 5.11 Å². The largest absolute Gasteiger partial charge is 0.477 e. The van der Waals surface area contributed by atoms with E-state index >= 15 is 0 Å². The van der Waals surface area contributed by atoms with Crippen molar-refractivity contribution in [1.29, 1.82) is 0 Å². The summed E-state index contributed by atoms with van der Waals surface area (Å²) in [5, 5.41) is 9.06. The molecule has 2 N–H and O–H groups in total. The van der Waals surface area contributed by atoms with Crippen LogP contribution in [0.4, 0.5) is 0 Å². The summed E-state index contributed by atoms with van der Waals surface area (Å²) in [5.74, 6) is -1.50. The molecule has 0 radical (unpaired) electrons. The van der Waals surface area contributed by atoms with Gasteiger partial charge in [0.15, 0.2) is 11.4 Å². The highest BCUT2D eigenvalue weighted by molar-refractivity contribution is 6.02. The molecule has 0 saturated carbocycles. The Kier molecular flexibility index (Phi) is 3.43. The summed E-state index contributed by atoms with van der Waals surface area (Å²) >= 11 is 0. The van der Waals surface area contributed by atoms with Crippen LogP contribution < -0.4 is 0 Å². The average molecular weight is 285 g/mol. The molecule has 6 nitrogen and oxygen atoms in total. The van der Waals surface area contributed by atoms with Crippen molar-refractivity contribution >= 4 is 11.9 Å².